The highest BCUT2D eigenvalue weighted by molar-refractivity contribution is 5.78. The Morgan fingerprint density at radius 2 is 2.15 bits per heavy atom. The minimum Gasteiger partial charge on any atom is -0.479 e. The van der Waals surface area contributed by atoms with Gasteiger partial charge in [0, 0.05) is 13.0 Å². The van der Waals surface area contributed by atoms with Crippen molar-refractivity contribution in [3.63, 3.8) is 0 Å². The molecule has 1 aliphatic carbocycles. The first kappa shape index (κ1) is 18.2. The first-order valence-electron chi connectivity index (χ1n) is 9.28. The molecule has 4 N–H and O–H groups in total. The van der Waals surface area contributed by atoms with Gasteiger partial charge in [-0.1, -0.05) is 6.92 Å². The minimum absolute atomic E-state index is 0.0331. The van der Waals surface area contributed by atoms with Crippen LogP contribution >= 0.6 is 0 Å². The smallest absolute Gasteiger partial charge is 0.332 e. The van der Waals surface area contributed by atoms with Gasteiger partial charge in [0.05, 0.1) is 19.3 Å². The quantitative estimate of drug-likeness (QED) is 0.638. The monoisotopic (exact) mass is 379 g/mol. The van der Waals surface area contributed by atoms with Crippen LogP contribution < -0.4 is 16.2 Å². The lowest BCUT2D eigenvalue weighted by atomic mass is 10.1. The molecule has 4 rings (SSSR count). The summed E-state index contributed by atoms with van der Waals surface area (Å²) in [6.07, 6.45) is -0.319. The summed E-state index contributed by atoms with van der Waals surface area (Å²) in [5, 5.41) is 20.6. The van der Waals surface area contributed by atoms with Crippen molar-refractivity contribution in [2.24, 2.45) is 5.92 Å². The average Bonchev–Trinajstić information content (AvgIpc) is 3.33. The van der Waals surface area contributed by atoms with Gasteiger partial charge in [0.25, 0.3) is 0 Å². The molecule has 1 aliphatic heterocycles. The molecule has 1 unspecified atom stereocenters. The van der Waals surface area contributed by atoms with E-state index in [0.717, 1.165) is 12.8 Å². The summed E-state index contributed by atoms with van der Waals surface area (Å²) >= 11 is 0. The number of ether oxygens (including phenoxy) is 2. The van der Waals surface area contributed by atoms with Crippen LogP contribution in [0.4, 0.5) is 5.95 Å². The highest BCUT2D eigenvalue weighted by Gasteiger charge is 2.41. The van der Waals surface area contributed by atoms with Crippen molar-refractivity contribution in [1.82, 2.24) is 19.1 Å². The van der Waals surface area contributed by atoms with Gasteiger partial charge in [0.2, 0.25) is 11.8 Å². The second-order valence-electron chi connectivity index (χ2n) is 7.31. The highest BCUT2D eigenvalue weighted by atomic mass is 16.5. The van der Waals surface area contributed by atoms with Crippen LogP contribution in [0.1, 0.15) is 38.8 Å². The molecule has 1 saturated carbocycles. The number of fused-ring (bicyclic) bond motifs is 1. The van der Waals surface area contributed by atoms with E-state index in [2.05, 4.69) is 9.97 Å². The number of hydrogen-bond donors (Lipinski definition) is 3. The van der Waals surface area contributed by atoms with Crippen LogP contribution in [0.2, 0.25) is 0 Å². The molecule has 10 nitrogen and oxygen atoms in total. The van der Waals surface area contributed by atoms with Crippen molar-refractivity contribution in [3.05, 3.63) is 10.5 Å². The first-order valence-corrected chi connectivity index (χ1v) is 9.28. The Balaban J connectivity index is 1.86. The predicted molar refractivity (Wildman–Crippen MR) is 96.3 cm³/mol. The summed E-state index contributed by atoms with van der Waals surface area (Å²) in [5.74, 6) is 0.606. The minimum atomic E-state index is -0.953. The fraction of sp³-hybridized carbons (Fsp3) is 0.706. The van der Waals surface area contributed by atoms with E-state index in [9.17, 15) is 15.0 Å². The number of methoxy groups -OCH3 is 1. The van der Waals surface area contributed by atoms with Gasteiger partial charge in [-0.2, -0.15) is 9.97 Å². The Bertz CT molecular complexity index is 905. The maximum Gasteiger partial charge on any atom is 0.332 e. The number of anilines is 1. The molecule has 4 atom stereocenters. The number of aromatic nitrogens is 4. The van der Waals surface area contributed by atoms with Gasteiger partial charge in [-0.05, 0) is 25.2 Å². The third-order valence-electron chi connectivity index (χ3n) is 5.34. The molecule has 27 heavy (non-hydrogen) atoms. The molecule has 0 spiro atoms. The summed E-state index contributed by atoms with van der Waals surface area (Å²) in [4.78, 5) is 21.5. The average molecular weight is 379 g/mol. The summed E-state index contributed by atoms with van der Waals surface area (Å²) in [7, 11) is 1.46. The van der Waals surface area contributed by atoms with E-state index in [0.29, 0.717) is 24.4 Å². The van der Waals surface area contributed by atoms with E-state index in [4.69, 9.17) is 15.2 Å². The molecule has 0 aromatic carbocycles. The van der Waals surface area contributed by atoms with Crippen LogP contribution in [0.5, 0.6) is 5.88 Å². The van der Waals surface area contributed by atoms with Crippen LogP contribution in [0.25, 0.3) is 11.2 Å². The standard InChI is InChI=1S/C17H25N5O5/c1-3-9(23)11-6-10(24)15(27-11)22-13-12(14(26-2)20-16(18)19-13)21(17(22)25)7-8-4-5-8/h8-11,15,23-24H,3-7H2,1-2H3,(H2,18,19,20)/t9?,10-,11+,15-/m1/s1. The summed E-state index contributed by atoms with van der Waals surface area (Å²) in [5.41, 5.74) is 6.15. The molecule has 10 heteroatoms. The van der Waals surface area contributed by atoms with Crippen molar-refractivity contribution in [3.8, 4) is 5.88 Å². The van der Waals surface area contributed by atoms with Gasteiger partial charge in [0.1, 0.15) is 6.10 Å². The fourth-order valence-corrected chi connectivity index (χ4v) is 3.68. The molecule has 2 aromatic heterocycles. The Morgan fingerprint density at radius 3 is 2.78 bits per heavy atom. The zero-order valence-corrected chi connectivity index (χ0v) is 15.4. The van der Waals surface area contributed by atoms with Crippen molar-refractivity contribution in [2.75, 3.05) is 12.8 Å². The van der Waals surface area contributed by atoms with Crippen molar-refractivity contribution in [2.45, 2.75) is 63.7 Å². The number of aliphatic hydroxyl groups excluding tert-OH is 2. The van der Waals surface area contributed by atoms with E-state index in [1.54, 1.807) is 4.57 Å². The van der Waals surface area contributed by atoms with Gasteiger partial charge in [0.15, 0.2) is 17.4 Å². The van der Waals surface area contributed by atoms with Crippen molar-refractivity contribution < 1.29 is 19.7 Å². The van der Waals surface area contributed by atoms with E-state index in [-0.39, 0.29) is 29.6 Å². The topological polar surface area (TPSA) is 138 Å². The number of imidazole rings is 1. The summed E-state index contributed by atoms with van der Waals surface area (Å²) < 4.78 is 14.1. The zero-order chi connectivity index (χ0) is 19.3. The molecule has 2 aromatic rings. The van der Waals surface area contributed by atoms with E-state index in [1.165, 1.54) is 11.7 Å². The van der Waals surface area contributed by atoms with E-state index in [1.807, 2.05) is 6.92 Å². The third-order valence-corrected chi connectivity index (χ3v) is 5.34. The van der Waals surface area contributed by atoms with Crippen LogP contribution in [0, 0.1) is 5.92 Å². The van der Waals surface area contributed by atoms with Crippen LogP contribution in [-0.2, 0) is 11.3 Å². The van der Waals surface area contributed by atoms with Gasteiger partial charge in [-0.3, -0.25) is 4.57 Å². The number of nitrogens with two attached hydrogens (primary N) is 1. The Kier molecular flexibility index (Phi) is 4.57. The van der Waals surface area contributed by atoms with Gasteiger partial charge >= 0.3 is 5.69 Å². The summed E-state index contributed by atoms with van der Waals surface area (Å²) in [6.45, 7) is 2.36. The highest BCUT2D eigenvalue weighted by Crippen LogP contribution is 2.36. The molecule has 148 valence electrons. The van der Waals surface area contributed by atoms with Gasteiger partial charge < -0.3 is 25.4 Å². The SMILES string of the molecule is CCC(O)[C@@H]1C[C@@H](O)[C@H](n2c(=O)n(CC3CC3)c3c(OC)nc(N)nc32)O1. The lowest BCUT2D eigenvalue weighted by Gasteiger charge is -2.18. The fourth-order valence-electron chi connectivity index (χ4n) is 3.68. The van der Waals surface area contributed by atoms with Gasteiger partial charge in [-0.15, -0.1) is 0 Å². The third kappa shape index (κ3) is 3.07. The van der Waals surface area contributed by atoms with E-state index < -0.39 is 24.5 Å². The molecule has 2 fully saturated rings. The molecule has 2 aliphatic rings. The second-order valence-corrected chi connectivity index (χ2v) is 7.31. The molecule has 0 radical (unpaired) electrons. The largest absolute Gasteiger partial charge is 0.479 e. The summed E-state index contributed by atoms with van der Waals surface area (Å²) in [6, 6.07) is 0. The number of nitrogens with zero attached hydrogens (tertiary/aromatic N) is 4. The Morgan fingerprint density at radius 1 is 1.41 bits per heavy atom. The van der Waals surface area contributed by atoms with Crippen molar-refractivity contribution in [1.29, 1.82) is 0 Å². The lowest BCUT2D eigenvalue weighted by molar-refractivity contribution is -0.0760. The molecule has 1 saturated heterocycles. The second kappa shape index (κ2) is 6.77. The molecular formula is C17H25N5O5. The first-order chi connectivity index (χ1) is 12.9. The lowest BCUT2D eigenvalue weighted by Crippen LogP contribution is -2.32. The molecule has 0 bridgehead atoms. The van der Waals surface area contributed by atoms with Crippen LogP contribution in [-0.4, -0.2) is 54.7 Å². The van der Waals surface area contributed by atoms with Gasteiger partial charge in [-0.25, -0.2) is 9.36 Å². The van der Waals surface area contributed by atoms with E-state index >= 15 is 0 Å². The molecule has 3 heterocycles. The van der Waals surface area contributed by atoms with Crippen LogP contribution in [0.15, 0.2) is 4.79 Å². The number of nitrogen functional groups attached to an aromatic ring is 1. The maximum absolute atomic E-state index is 13.2. The van der Waals surface area contributed by atoms with Crippen molar-refractivity contribution >= 4 is 17.1 Å². The normalized spacial score (nSPS) is 26.6. The number of hydrogen-bond acceptors (Lipinski definition) is 8. The van der Waals surface area contributed by atoms with Crippen LogP contribution in [0.3, 0.4) is 0 Å². The number of aliphatic hydroxyl groups is 2. The molecule has 0 amide bonds. The predicted octanol–water partition coefficient (Wildman–Crippen LogP) is 0.0131. The zero-order valence-electron chi connectivity index (χ0n) is 15.4. The molecular weight excluding hydrogens is 354 g/mol. The number of rotatable bonds is 6. The maximum atomic E-state index is 13.2. The Labute approximate surface area is 155 Å². The Hall–Kier alpha value is -2.17.